The largest absolute Gasteiger partial charge is 0.310 e. The van der Waals surface area contributed by atoms with Gasteiger partial charge in [0, 0.05) is 22.1 Å². The normalized spacial score (nSPS) is 11.8. The molecule has 0 radical (unpaired) electrons. The number of nitrogens with zero attached hydrogens (tertiary/aromatic N) is 1. The van der Waals surface area contributed by atoms with Crippen molar-refractivity contribution in [2.24, 2.45) is 0 Å². The second-order valence-electron chi connectivity index (χ2n) is 9.94. The van der Waals surface area contributed by atoms with E-state index in [-0.39, 0.29) is 0 Å². The summed E-state index contributed by atoms with van der Waals surface area (Å²) in [6.07, 6.45) is 0. The van der Waals surface area contributed by atoms with Crippen molar-refractivity contribution in [3.8, 4) is 0 Å². The molecule has 7 aromatic rings. The SMILES string of the molecule is Cc1cc(C)c2c3ccccc3c3c(N(c4ccccc4)c4ccccc4)cc(C)c4ccc1c2c43. The number of para-hydroxylation sites is 2. The highest BCUT2D eigenvalue weighted by molar-refractivity contribution is 6.37. The van der Waals surface area contributed by atoms with Crippen LogP contribution in [0, 0.1) is 20.8 Å². The molecular formula is C35H27N. The van der Waals surface area contributed by atoms with Gasteiger partial charge in [0.15, 0.2) is 0 Å². The third kappa shape index (κ3) is 2.90. The molecule has 0 atom stereocenters. The fraction of sp³-hybridized carbons (Fsp3) is 0.0857. The van der Waals surface area contributed by atoms with E-state index in [1.165, 1.54) is 65.5 Å². The highest BCUT2D eigenvalue weighted by Crippen LogP contribution is 2.49. The van der Waals surface area contributed by atoms with Crippen LogP contribution in [0.4, 0.5) is 17.1 Å². The smallest absolute Gasteiger partial charge is 0.0549 e. The maximum atomic E-state index is 2.42. The number of benzene rings is 7. The lowest BCUT2D eigenvalue weighted by Gasteiger charge is -2.29. The first-order chi connectivity index (χ1) is 17.6. The van der Waals surface area contributed by atoms with Crippen LogP contribution in [0.5, 0.6) is 0 Å². The maximum Gasteiger partial charge on any atom is 0.0549 e. The summed E-state index contributed by atoms with van der Waals surface area (Å²) in [5, 5.41) is 10.8. The van der Waals surface area contributed by atoms with Gasteiger partial charge in [0.25, 0.3) is 0 Å². The molecule has 0 N–H and O–H groups in total. The monoisotopic (exact) mass is 461 g/mol. The fourth-order valence-electron chi connectivity index (χ4n) is 6.23. The molecule has 7 aromatic carbocycles. The van der Waals surface area contributed by atoms with Gasteiger partial charge in [-0.2, -0.15) is 0 Å². The Morgan fingerprint density at radius 3 is 1.44 bits per heavy atom. The van der Waals surface area contributed by atoms with Gasteiger partial charge in [-0.3, -0.25) is 0 Å². The molecule has 0 aliphatic rings. The zero-order valence-electron chi connectivity index (χ0n) is 20.8. The average Bonchev–Trinajstić information content (AvgIpc) is 2.91. The number of anilines is 3. The summed E-state index contributed by atoms with van der Waals surface area (Å²) in [4.78, 5) is 2.42. The lowest BCUT2D eigenvalue weighted by atomic mass is 9.84. The van der Waals surface area contributed by atoms with E-state index in [1.54, 1.807) is 0 Å². The Balaban J connectivity index is 1.76. The summed E-state index contributed by atoms with van der Waals surface area (Å²) in [5.41, 5.74) is 7.53. The van der Waals surface area contributed by atoms with E-state index < -0.39 is 0 Å². The van der Waals surface area contributed by atoms with Crippen LogP contribution in [0.1, 0.15) is 16.7 Å². The van der Waals surface area contributed by atoms with E-state index >= 15 is 0 Å². The van der Waals surface area contributed by atoms with Crippen LogP contribution in [0.3, 0.4) is 0 Å². The summed E-state index contributed by atoms with van der Waals surface area (Å²) in [7, 11) is 0. The Hall–Kier alpha value is -4.36. The fourth-order valence-corrected chi connectivity index (χ4v) is 6.23. The topological polar surface area (TPSA) is 3.24 Å². The summed E-state index contributed by atoms with van der Waals surface area (Å²) in [6.45, 7) is 6.76. The zero-order valence-corrected chi connectivity index (χ0v) is 20.8. The molecule has 1 heteroatoms. The van der Waals surface area contributed by atoms with E-state index in [0.29, 0.717) is 0 Å². The van der Waals surface area contributed by atoms with Crippen molar-refractivity contribution in [3.63, 3.8) is 0 Å². The number of fused-ring (bicyclic) bond motifs is 3. The van der Waals surface area contributed by atoms with Gasteiger partial charge in [0.2, 0.25) is 0 Å². The zero-order chi connectivity index (χ0) is 24.4. The van der Waals surface area contributed by atoms with Gasteiger partial charge in [-0.15, -0.1) is 0 Å². The molecule has 7 rings (SSSR count). The molecule has 0 amide bonds. The van der Waals surface area contributed by atoms with E-state index in [4.69, 9.17) is 0 Å². The predicted molar refractivity (Wildman–Crippen MR) is 157 cm³/mol. The van der Waals surface area contributed by atoms with Crippen molar-refractivity contribution in [2.45, 2.75) is 20.8 Å². The highest BCUT2D eigenvalue weighted by atomic mass is 15.1. The average molecular weight is 462 g/mol. The summed E-state index contributed by atoms with van der Waals surface area (Å²) < 4.78 is 0. The van der Waals surface area contributed by atoms with Gasteiger partial charge < -0.3 is 4.90 Å². The Bertz CT molecular complexity index is 1860. The van der Waals surface area contributed by atoms with Gasteiger partial charge >= 0.3 is 0 Å². The molecule has 1 nitrogen and oxygen atoms in total. The van der Waals surface area contributed by atoms with Gasteiger partial charge in [0.1, 0.15) is 0 Å². The van der Waals surface area contributed by atoms with Crippen LogP contribution in [-0.4, -0.2) is 0 Å². The van der Waals surface area contributed by atoms with Crippen LogP contribution in [0.25, 0.3) is 43.1 Å². The standard InChI is InChI=1S/C35H27N/c1-22-20-24(3)32-29-16-10-11-17-30(29)33-31(21-23(2)28-19-18-27(22)34(32)35(28)33)36(25-12-6-4-7-13-25)26-14-8-5-9-15-26/h4-21H,1-3H3. The Morgan fingerprint density at radius 2 is 0.861 bits per heavy atom. The third-order valence-electron chi connectivity index (χ3n) is 7.73. The number of rotatable bonds is 3. The molecule has 36 heavy (non-hydrogen) atoms. The predicted octanol–water partition coefficient (Wildman–Crippen LogP) is 10.1. The summed E-state index contributed by atoms with van der Waals surface area (Å²) in [6, 6.07) is 39.8. The maximum absolute atomic E-state index is 2.42. The molecule has 0 saturated carbocycles. The minimum atomic E-state index is 1.16. The van der Waals surface area contributed by atoms with E-state index in [0.717, 1.165) is 11.4 Å². The molecule has 0 bridgehead atoms. The van der Waals surface area contributed by atoms with Crippen LogP contribution in [0.2, 0.25) is 0 Å². The van der Waals surface area contributed by atoms with Crippen LogP contribution in [-0.2, 0) is 0 Å². The molecule has 0 aromatic heterocycles. The van der Waals surface area contributed by atoms with Crippen LogP contribution in [0.15, 0.2) is 109 Å². The molecule has 0 unspecified atom stereocenters. The summed E-state index contributed by atoms with van der Waals surface area (Å²) >= 11 is 0. The van der Waals surface area contributed by atoms with E-state index in [2.05, 4.69) is 135 Å². The van der Waals surface area contributed by atoms with Gasteiger partial charge in [-0.05, 0) is 100 Å². The van der Waals surface area contributed by atoms with Crippen molar-refractivity contribution in [2.75, 3.05) is 4.90 Å². The highest BCUT2D eigenvalue weighted by Gasteiger charge is 2.23. The van der Waals surface area contributed by atoms with E-state index in [9.17, 15) is 0 Å². The molecule has 0 aliphatic heterocycles. The molecule has 0 spiro atoms. The minimum Gasteiger partial charge on any atom is -0.310 e. The molecule has 0 aliphatic carbocycles. The minimum absolute atomic E-state index is 1.16. The van der Waals surface area contributed by atoms with Crippen molar-refractivity contribution < 1.29 is 0 Å². The summed E-state index contributed by atoms with van der Waals surface area (Å²) in [5.74, 6) is 0. The number of hydrogen-bond donors (Lipinski definition) is 0. The first kappa shape index (κ1) is 21.0. The molecule has 172 valence electrons. The first-order valence-electron chi connectivity index (χ1n) is 12.6. The number of hydrogen-bond acceptors (Lipinski definition) is 1. The van der Waals surface area contributed by atoms with Crippen molar-refractivity contribution >= 4 is 60.2 Å². The molecule has 0 saturated heterocycles. The lowest BCUT2D eigenvalue weighted by Crippen LogP contribution is -2.11. The van der Waals surface area contributed by atoms with Crippen molar-refractivity contribution in [1.82, 2.24) is 0 Å². The third-order valence-corrected chi connectivity index (χ3v) is 7.73. The molecule has 0 fully saturated rings. The Kier molecular flexibility index (Phi) is 4.56. The number of aryl methyl sites for hydroxylation is 3. The van der Waals surface area contributed by atoms with Gasteiger partial charge in [0.05, 0.1) is 5.69 Å². The van der Waals surface area contributed by atoms with Crippen LogP contribution < -0.4 is 4.90 Å². The molecule has 0 heterocycles. The van der Waals surface area contributed by atoms with Gasteiger partial charge in [-0.1, -0.05) is 78.9 Å². The first-order valence-corrected chi connectivity index (χ1v) is 12.6. The van der Waals surface area contributed by atoms with Crippen molar-refractivity contribution in [3.05, 3.63) is 126 Å². The second kappa shape index (κ2) is 7.83. The Labute approximate surface area is 211 Å². The Morgan fingerprint density at radius 1 is 0.389 bits per heavy atom. The van der Waals surface area contributed by atoms with E-state index in [1.807, 2.05) is 0 Å². The van der Waals surface area contributed by atoms with Gasteiger partial charge in [-0.25, -0.2) is 0 Å². The van der Waals surface area contributed by atoms with Crippen molar-refractivity contribution in [1.29, 1.82) is 0 Å². The molecular weight excluding hydrogens is 434 g/mol. The second-order valence-corrected chi connectivity index (χ2v) is 9.94. The lowest BCUT2D eigenvalue weighted by molar-refractivity contribution is 1.29. The van der Waals surface area contributed by atoms with Crippen LogP contribution >= 0.6 is 0 Å². The quantitative estimate of drug-likeness (QED) is 0.187.